The second kappa shape index (κ2) is 6.90. The quantitative estimate of drug-likeness (QED) is 0.528. The number of rotatable bonds is 6. The highest BCUT2D eigenvalue weighted by Gasteiger charge is 2.48. The molecule has 0 aliphatic heterocycles. The van der Waals surface area contributed by atoms with Gasteiger partial charge in [0.25, 0.3) is 0 Å². The average molecular weight is 374 g/mol. The topological polar surface area (TPSA) is 52.6 Å². The Labute approximate surface area is 136 Å². The van der Waals surface area contributed by atoms with Crippen molar-refractivity contribution >= 4 is 69.9 Å². The highest BCUT2D eigenvalue weighted by Crippen LogP contribution is 2.44. The average Bonchev–Trinajstić information content (AvgIpc) is 2.23. The van der Waals surface area contributed by atoms with Gasteiger partial charge in [-0.1, -0.05) is 23.2 Å². The molecule has 0 aliphatic carbocycles. The first kappa shape index (κ1) is 19.4. The highest BCUT2D eigenvalue weighted by atomic mass is 35.5. The summed E-state index contributed by atoms with van der Waals surface area (Å²) in [5.41, 5.74) is 0. The van der Waals surface area contributed by atoms with E-state index >= 15 is 0 Å². The molecule has 0 N–H and O–H groups in total. The van der Waals surface area contributed by atoms with Gasteiger partial charge in [0, 0.05) is 12.8 Å². The van der Waals surface area contributed by atoms with Crippen LogP contribution in [0.4, 0.5) is 0 Å². The maximum absolute atomic E-state index is 11.4. The van der Waals surface area contributed by atoms with Crippen LogP contribution in [0.2, 0.25) is 0 Å². The zero-order chi connectivity index (χ0) is 15.5. The van der Waals surface area contributed by atoms with E-state index in [0.717, 1.165) is 7.11 Å². The fraction of sp³-hybridized carbons (Fsp3) is 0.800. The third kappa shape index (κ3) is 6.13. The molecule has 0 amide bonds. The predicted molar refractivity (Wildman–Crippen MR) is 76.4 cm³/mol. The number of hydrogen-bond acceptors (Lipinski definition) is 4. The van der Waals surface area contributed by atoms with E-state index in [9.17, 15) is 9.59 Å². The molecule has 0 fully saturated rings. The first-order valence-corrected chi connectivity index (χ1v) is 6.88. The smallest absolute Gasteiger partial charge is 0.342 e. The minimum atomic E-state index is -1.94. The Morgan fingerprint density at radius 1 is 0.895 bits per heavy atom. The molecule has 4 nitrogen and oxygen atoms in total. The van der Waals surface area contributed by atoms with Crippen LogP contribution in [0.3, 0.4) is 0 Å². The molecule has 19 heavy (non-hydrogen) atoms. The Kier molecular flexibility index (Phi) is 7.04. The van der Waals surface area contributed by atoms with Crippen molar-refractivity contribution in [1.29, 1.82) is 0 Å². The fourth-order valence-corrected chi connectivity index (χ4v) is 3.64. The van der Waals surface area contributed by atoms with E-state index in [1.807, 2.05) is 0 Å². The number of esters is 2. The van der Waals surface area contributed by atoms with E-state index in [4.69, 9.17) is 58.0 Å². The van der Waals surface area contributed by atoms with Crippen molar-refractivity contribution in [2.24, 2.45) is 0 Å². The van der Waals surface area contributed by atoms with Gasteiger partial charge in [0.05, 0.1) is 14.2 Å². The van der Waals surface area contributed by atoms with Crippen LogP contribution in [-0.2, 0) is 19.1 Å². The molecule has 0 saturated carbocycles. The van der Waals surface area contributed by atoms with Crippen LogP contribution in [0.15, 0.2) is 0 Å². The molecule has 0 radical (unpaired) electrons. The van der Waals surface area contributed by atoms with Gasteiger partial charge in [-0.05, 0) is 6.92 Å². The van der Waals surface area contributed by atoms with Gasteiger partial charge in [0.15, 0.2) is 0 Å². The Morgan fingerprint density at radius 3 is 1.68 bits per heavy atom. The van der Waals surface area contributed by atoms with Crippen molar-refractivity contribution in [2.75, 3.05) is 14.2 Å². The lowest BCUT2D eigenvalue weighted by atomic mass is 10.0. The third-order valence-corrected chi connectivity index (χ3v) is 3.56. The van der Waals surface area contributed by atoms with E-state index in [2.05, 4.69) is 9.47 Å². The largest absolute Gasteiger partial charge is 0.468 e. The molecular weight excluding hydrogens is 361 g/mol. The molecule has 1 atom stereocenters. The molecule has 0 aromatic rings. The number of hydrogen-bond donors (Lipinski definition) is 0. The van der Waals surface area contributed by atoms with E-state index < -0.39 is 25.5 Å². The van der Waals surface area contributed by atoms with Gasteiger partial charge in [-0.15, -0.1) is 34.8 Å². The van der Waals surface area contributed by atoms with Crippen molar-refractivity contribution in [3.63, 3.8) is 0 Å². The molecule has 112 valence electrons. The van der Waals surface area contributed by atoms with Gasteiger partial charge in [0.1, 0.15) is 9.21 Å². The molecule has 0 heterocycles. The van der Waals surface area contributed by atoms with Crippen molar-refractivity contribution in [3.05, 3.63) is 0 Å². The molecule has 0 spiro atoms. The fourth-order valence-electron chi connectivity index (χ4n) is 1.38. The molecule has 0 aliphatic rings. The van der Waals surface area contributed by atoms with Gasteiger partial charge in [0.2, 0.25) is 4.33 Å². The van der Waals surface area contributed by atoms with Crippen LogP contribution in [0.25, 0.3) is 0 Å². The SMILES string of the molecule is COC(=O)C(C)(Cl)CC(Cl)(Cl)CC(Cl)(Cl)C(=O)OC. The van der Waals surface area contributed by atoms with E-state index in [-0.39, 0.29) is 12.8 Å². The zero-order valence-electron chi connectivity index (χ0n) is 10.4. The highest BCUT2D eigenvalue weighted by molar-refractivity contribution is 6.59. The van der Waals surface area contributed by atoms with Crippen LogP contribution >= 0.6 is 58.0 Å². The molecular formula is C10H13Cl5O4. The van der Waals surface area contributed by atoms with Crippen molar-refractivity contribution in [3.8, 4) is 0 Å². The van der Waals surface area contributed by atoms with Crippen LogP contribution in [0, 0.1) is 0 Å². The Hall–Kier alpha value is 0.390. The van der Waals surface area contributed by atoms with E-state index in [1.165, 1.54) is 14.0 Å². The second-order valence-electron chi connectivity index (χ2n) is 4.09. The summed E-state index contributed by atoms with van der Waals surface area (Å²) in [4.78, 5) is 21.3. The molecule has 1 unspecified atom stereocenters. The van der Waals surface area contributed by atoms with Crippen molar-refractivity contribution in [2.45, 2.75) is 33.3 Å². The predicted octanol–water partition coefficient (Wildman–Crippen LogP) is 3.46. The minimum absolute atomic E-state index is 0.227. The van der Waals surface area contributed by atoms with Gasteiger partial charge >= 0.3 is 11.9 Å². The number of carbonyl (C=O) groups is 2. The Bertz CT molecular complexity index is 322. The summed E-state index contributed by atoms with van der Waals surface area (Å²) in [6.45, 7) is 1.38. The number of alkyl halides is 5. The maximum atomic E-state index is 11.4. The minimum Gasteiger partial charge on any atom is -0.468 e. The van der Waals surface area contributed by atoms with Crippen LogP contribution < -0.4 is 0 Å². The van der Waals surface area contributed by atoms with Gasteiger partial charge < -0.3 is 9.47 Å². The summed E-state index contributed by atoms with van der Waals surface area (Å²) in [6, 6.07) is 0. The lowest BCUT2D eigenvalue weighted by Gasteiger charge is -2.30. The Morgan fingerprint density at radius 2 is 1.32 bits per heavy atom. The zero-order valence-corrected chi connectivity index (χ0v) is 14.2. The summed E-state index contributed by atoms with van der Waals surface area (Å²) in [5, 5.41) is 0. The van der Waals surface area contributed by atoms with E-state index in [0.29, 0.717) is 0 Å². The van der Waals surface area contributed by atoms with Crippen LogP contribution in [0.1, 0.15) is 19.8 Å². The first-order valence-electron chi connectivity index (χ1n) is 4.99. The first-order chi connectivity index (χ1) is 8.38. The van der Waals surface area contributed by atoms with Gasteiger partial charge in [-0.3, -0.25) is 4.79 Å². The third-order valence-electron chi connectivity index (χ3n) is 2.17. The molecule has 9 heteroatoms. The maximum Gasteiger partial charge on any atom is 0.342 e. The van der Waals surface area contributed by atoms with Crippen molar-refractivity contribution in [1.82, 2.24) is 0 Å². The molecule has 0 aromatic heterocycles. The summed E-state index contributed by atoms with van der Waals surface area (Å²) >= 11 is 29.5. The Balaban J connectivity index is 4.91. The lowest BCUT2D eigenvalue weighted by Crippen LogP contribution is -2.40. The van der Waals surface area contributed by atoms with Crippen LogP contribution in [0.5, 0.6) is 0 Å². The number of methoxy groups -OCH3 is 2. The lowest BCUT2D eigenvalue weighted by molar-refractivity contribution is -0.143. The number of ether oxygens (including phenoxy) is 2. The summed E-state index contributed by atoms with van der Waals surface area (Å²) in [6.07, 6.45) is -0.603. The van der Waals surface area contributed by atoms with Crippen molar-refractivity contribution < 1.29 is 19.1 Å². The van der Waals surface area contributed by atoms with Crippen LogP contribution in [-0.4, -0.2) is 39.7 Å². The molecule has 0 aromatic carbocycles. The summed E-state index contributed by atoms with van der Waals surface area (Å²) < 4.78 is 5.36. The van der Waals surface area contributed by atoms with E-state index in [1.54, 1.807) is 0 Å². The standard InChI is InChI=1S/C10H13Cl5O4/c1-8(11,6(16)18-2)4-9(12,13)5-10(14,15)7(17)19-3/h4-5H2,1-3H3. The normalized spacial score (nSPS) is 15.6. The number of carbonyl (C=O) groups excluding carboxylic acids is 2. The summed E-state index contributed by atoms with van der Waals surface area (Å²) in [5.74, 6) is -1.62. The van der Waals surface area contributed by atoms with Gasteiger partial charge in [-0.25, -0.2) is 4.79 Å². The molecule has 0 bridgehead atoms. The van der Waals surface area contributed by atoms with Gasteiger partial charge in [-0.2, -0.15) is 0 Å². The summed E-state index contributed by atoms with van der Waals surface area (Å²) in [7, 11) is 2.29. The molecule has 0 saturated heterocycles. The number of halogens is 5. The second-order valence-corrected chi connectivity index (χ2v) is 8.05. The molecule has 0 rings (SSSR count). The monoisotopic (exact) mass is 372 g/mol.